The molecule has 0 aliphatic rings. The average Bonchev–Trinajstić information content (AvgIpc) is 2.78. The van der Waals surface area contributed by atoms with Crippen LogP contribution in [0.2, 0.25) is 8.67 Å². The number of benzene rings is 1. The number of nitrogens with one attached hydrogen (secondary N) is 1. The summed E-state index contributed by atoms with van der Waals surface area (Å²) in [5.41, 5.74) is 3.03. The van der Waals surface area contributed by atoms with Crippen LogP contribution in [-0.4, -0.2) is 4.98 Å². The van der Waals surface area contributed by atoms with Crippen LogP contribution in [-0.2, 0) is 0 Å². The number of rotatable bonds is 3. The second kappa shape index (κ2) is 5.60. The van der Waals surface area contributed by atoms with Gasteiger partial charge >= 0.3 is 0 Å². The molecule has 0 saturated carbocycles. The molecule has 1 atom stereocenters. The number of thiophene rings is 1. The minimum absolute atomic E-state index is 0.0806. The number of hydrogen-bond acceptors (Lipinski definition) is 3. The molecule has 0 fully saturated rings. The fourth-order valence-corrected chi connectivity index (χ4v) is 3.83. The number of fused-ring (bicyclic) bond motifs is 1. The predicted molar refractivity (Wildman–Crippen MR) is 88.1 cm³/mol. The third-order valence-electron chi connectivity index (χ3n) is 3.17. The molecular weight excluding hydrogens is 311 g/mol. The van der Waals surface area contributed by atoms with E-state index < -0.39 is 0 Å². The lowest BCUT2D eigenvalue weighted by atomic mass is 10.1. The maximum Gasteiger partial charge on any atom is 0.0996 e. The molecule has 1 aromatic carbocycles. The molecule has 0 bridgehead atoms. The summed E-state index contributed by atoms with van der Waals surface area (Å²) in [6, 6.07) is 12.0. The number of pyridine rings is 1. The Kier molecular flexibility index (Phi) is 3.83. The molecule has 102 valence electrons. The zero-order valence-electron chi connectivity index (χ0n) is 10.7. The van der Waals surface area contributed by atoms with Gasteiger partial charge in [-0.1, -0.05) is 29.3 Å². The number of aromatic nitrogens is 1. The SMILES string of the molecule is CC(Nc1cccc2ncccc12)c1cc(Cl)sc1Cl. The van der Waals surface area contributed by atoms with E-state index in [1.54, 1.807) is 6.20 Å². The highest BCUT2D eigenvalue weighted by Gasteiger charge is 2.14. The molecule has 1 N–H and O–H groups in total. The van der Waals surface area contributed by atoms with E-state index >= 15 is 0 Å². The summed E-state index contributed by atoms with van der Waals surface area (Å²) >= 11 is 13.6. The summed E-state index contributed by atoms with van der Waals surface area (Å²) in [5.74, 6) is 0. The van der Waals surface area contributed by atoms with Crippen molar-refractivity contribution in [1.82, 2.24) is 4.98 Å². The van der Waals surface area contributed by atoms with Crippen molar-refractivity contribution in [2.24, 2.45) is 0 Å². The van der Waals surface area contributed by atoms with E-state index in [4.69, 9.17) is 23.2 Å². The zero-order chi connectivity index (χ0) is 14.1. The number of halogens is 2. The standard InChI is InChI=1S/C15H12Cl2N2S/c1-9(11-8-14(16)20-15(11)17)19-13-6-2-5-12-10(13)4-3-7-18-12/h2-9,19H,1H3. The van der Waals surface area contributed by atoms with E-state index in [0.717, 1.165) is 26.5 Å². The zero-order valence-corrected chi connectivity index (χ0v) is 13.1. The van der Waals surface area contributed by atoms with Gasteiger partial charge in [0.05, 0.1) is 20.2 Å². The second-order valence-corrected chi connectivity index (χ2v) is 6.81. The molecule has 0 radical (unpaired) electrons. The normalized spacial score (nSPS) is 12.6. The fraction of sp³-hybridized carbons (Fsp3) is 0.133. The van der Waals surface area contributed by atoms with Crippen molar-refractivity contribution in [1.29, 1.82) is 0 Å². The fourth-order valence-electron chi connectivity index (χ4n) is 2.19. The first-order chi connectivity index (χ1) is 9.65. The van der Waals surface area contributed by atoms with Gasteiger partial charge < -0.3 is 5.32 Å². The average molecular weight is 323 g/mol. The molecule has 0 saturated heterocycles. The molecule has 0 aliphatic heterocycles. The summed E-state index contributed by atoms with van der Waals surface area (Å²) in [7, 11) is 0. The molecule has 0 amide bonds. The Hall–Kier alpha value is -1.29. The molecule has 2 aromatic heterocycles. The Morgan fingerprint density at radius 3 is 2.80 bits per heavy atom. The highest BCUT2D eigenvalue weighted by molar-refractivity contribution is 7.20. The van der Waals surface area contributed by atoms with E-state index in [1.165, 1.54) is 11.3 Å². The van der Waals surface area contributed by atoms with Crippen molar-refractivity contribution in [3.63, 3.8) is 0 Å². The molecule has 2 nitrogen and oxygen atoms in total. The molecule has 0 aliphatic carbocycles. The molecular formula is C15H12Cl2N2S. The van der Waals surface area contributed by atoms with Gasteiger partial charge in [-0.3, -0.25) is 4.98 Å². The molecule has 3 aromatic rings. The lowest BCUT2D eigenvalue weighted by molar-refractivity contribution is 0.893. The maximum absolute atomic E-state index is 6.21. The van der Waals surface area contributed by atoms with Crippen LogP contribution in [0.15, 0.2) is 42.6 Å². The monoisotopic (exact) mass is 322 g/mol. The van der Waals surface area contributed by atoms with Crippen LogP contribution in [0.1, 0.15) is 18.5 Å². The summed E-state index contributed by atoms with van der Waals surface area (Å²) in [6.07, 6.45) is 1.80. The smallest absolute Gasteiger partial charge is 0.0996 e. The van der Waals surface area contributed by atoms with E-state index in [-0.39, 0.29) is 6.04 Å². The molecule has 5 heteroatoms. The number of nitrogens with zero attached hydrogens (tertiary/aromatic N) is 1. The van der Waals surface area contributed by atoms with Gasteiger partial charge in [-0.2, -0.15) is 0 Å². The van der Waals surface area contributed by atoms with Gasteiger partial charge in [0.15, 0.2) is 0 Å². The van der Waals surface area contributed by atoms with Crippen molar-refractivity contribution in [3.8, 4) is 0 Å². The maximum atomic E-state index is 6.21. The summed E-state index contributed by atoms with van der Waals surface area (Å²) in [6.45, 7) is 2.07. The molecule has 1 unspecified atom stereocenters. The second-order valence-electron chi connectivity index (χ2n) is 4.52. The first-order valence-corrected chi connectivity index (χ1v) is 7.77. The van der Waals surface area contributed by atoms with Gasteiger partial charge in [-0.15, -0.1) is 11.3 Å². The highest BCUT2D eigenvalue weighted by atomic mass is 35.5. The summed E-state index contributed by atoms with van der Waals surface area (Å²) in [5, 5.41) is 4.58. The summed E-state index contributed by atoms with van der Waals surface area (Å²) in [4.78, 5) is 4.36. The highest BCUT2D eigenvalue weighted by Crippen LogP contribution is 2.36. The van der Waals surface area contributed by atoms with Crippen molar-refractivity contribution < 1.29 is 0 Å². The van der Waals surface area contributed by atoms with Crippen LogP contribution in [0.4, 0.5) is 5.69 Å². The van der Waals surface area contributed by atoms with Crippen LogP contribution in [0, 0.1) is 0 Å². The van der Waals surface area contributed by atoms with Crippen molar-refractivity contribution in [3.05, 3.63) is 56.8 Å². The van der Waals surface area contributed by atoms with E-state index in [2.05, 4.69) is 23.3 Å². The Morgan fingerprint density at radius 1 is 1.20 bits per heavy atom. The lowest BCUT2D eigenvalue weighted by Gasteiger charge is -2.16. The first-order valence-electron chi connectivity index (χ1n) is 6.20. The van der Waals surface area contributed by atoms with Gasteiger partial charge in [0.1, 0.15) is 0 Å². The van der Waals surface area contributed by atoms with Crippen LogP contribution < -0.4 is 5.32 Å². The van der Waals surface area contributed by atoms with E-state index in [9.17, 15) is 0 Å². The lowest BCUT2D eigenvalue weighted by Crippen LogP contribution is -2.06. The Labute approximate surface area is 131 Å². The van der Waals surface area contributed by atoms with Crippen molar-refractivity contribution >= 4 is 51.1 Å². The molecule has 0 spiro atoms. The first kappa shape index (κ1) is 13.7. The number of hydrogen-bond donors (Lipinski definition) is 1. The van der Waals surface area contributed by atoms with Gasteiger partial charge in [0.2, 0.25) is 0 Å². The van der Waals surface area contributed by atoms with Crippen LogP contribution in [0.25, 0.3) is 10.9 Å². The van der Waals surface area contributed by atoms with Gasteiger partial charge in [-0.25, -0.2) is 0 Å². The van der Waals surface area contributed by atoms with Crippen molar-refractivity contribution in [2.45, 2.75) is 13.0 Å². The van der Waals surface area contributed by atoms with E-state index in [0.29, 0.717) is 4.34 Å². The third kappa shape index (κ3) is 2.62. The Bertz CT molecular complexity index is 749. The predicted octanol–water partition coefficient (Wildman–Crippen LogP) is 5.78. The van der Waals surface area contributed by atoms with Crippen LogP contribution >= 0.6 is 34.5 Å². The Balaban J connectivity index is 1.95. The molecule has 3 rings (SSSR count). The largest absolute Gasteiger partial charge is 0.378 e. The molecule has 20 heavy (non-hydrogen) atoms. The minimum atomic E-state index is 0.0806. The van der Waals surface area contributed by atoms with Gasteiger partial charge in [0, 0.05) is 22.8 Å². The number of anilines is 1. The van der Waals surface area contributed by atoms with Crippen LogP contribution in [0.3, 0.4) is 0 Å². The van der Waals surface area contributed by atoms with Crippen molar-refractivity contribution in [2.75, 3.05) is 5.32 Å². The third-order valence-corrected chi connectivity index (χ3v) is 4.69. The quantitative estimate of drug-likeness (QED) is 0.661. The van der Waals surface area contributed by atoms with E-state index in [1.807, 2.05) is 30.3 Å². The summed E-state index contributed by atoms with van der Waals surface area (Å²) < 4.78 is 1.44. The molecule has 2 heterocycles. The van der Waals surface area contributed by atoms with Crippen LogP contribution in [0.5, 0.6) is 0 Å². The van der Waals surface area contributed by atoms with Gasteiger partial charge in [0.25, 0.3) is 0 Å². The minimum Gasteiger partial charge on any atom is -0.378 e. The van der Waals surface area contributed by atoms with Gasteiger partial charge in [-0.05, 0) is 37.3 Å². The topological polar surface area (TPSA) is 24.9 Å². The Morgan fingerprint density at radius 2 is 2.05 bits per heavy atom.